The smallest absolute Gasteiger partial charge is 0.320 e. The fourth-order valence-electron chi connectivity index (χ4n) is 3.59. The zero-order valence-corrected chi connectivity index (χ0v) is 14.9. The lowest BCUT2D eigenvalue weighted by atomic mass is 10.0. The molecule has 26 heavy (non-hydrogen) atoms. The normalized spacial score (nSPS) is 23.1. The van der Waals surface area contributed by atoms with Crippen molar-refractivity contribution in [1.29, 1.82) is 0 Å². The van der Waals surface area contributed by atoms with Gasteiger partial charge in [0.25, 0.3) is 0 Å². The van der Waals surface area contributed by atoms with Crippen molar-refractivity contribution in [3.63, 3.8) is 0 Å². The Balaban J connectivity index is 1.46. The van der Waals surface area contributed by atoms with Crippen molar-refractivity contribution in [1.82, 2.24) is 15.1 Å². The summed E-state index contributed by atoms with van der Waals surface area (Å²) in [6.07, 6.45) is 10.7. The number of fused-ring (bicyclic) bond motifs is 1. The zero-order chi connectivity index (χ0) is 18.5. The molecule has 7 heteroatoms. The molecule has 1 saturated heterocycles. The molecule has 2 amide bonds. The highest BCUT2D eigenvalue weighted by Crippen LogP contribution is 2.18. The second kappa shape index (κ2) is 8.21. The molecule has 3 rings (SSSR count). The van der Waals surface area contributed by atoms with E-state index in [0.29, 0.717) is 19.6 Å². The van der Waals surface area contributed by atoms with Crippen LogP contribution in [0.5, 0.6) is 0 Å². The minimum atomic E-state index is -0.921. The Morgan fingerprint density at radius 2 is 2.35 bits per heavy atom. The summed E-state index contributed by atoms with van der Waals surface area (Å²) in [6, 6.07) is -0.293. The number of nitrogens with zero attached hydrogens (tertiary/aromatic N) is 3. The van der Waals surface area contributed by atoms with Gasteiger partial charge in [0.05, 0.1) is 12.5 Å². The predicted molar refractivity (Wildman–Crippen MR) is 100 cm³/mol. The van der Waals surface area contributed by atoms with Crippen molar-refractivity contribution >= 4 is 17.8 Å². The number of aliphatic carboxylic acids is 1. The molecule has 0 aromatic heterocycles. The van der Waals surface area contributed by atoms with E-state index in [1.54, 1.807) is 15.9 Å². The molecule has 3 aliphatic heterocycles. The second-order valence-electron chi connectivity index (χ2n) is 6.79. The van der Waals surface area contributed by atoms with E-state index in [4.69, 9.17) is 5.11 Å². The highest BCUT2D eigenvalue weighted by molar-refractivity contribution is 6.02. The Kier molecular flexibility index (Phi) is 5.75. The van der Waals surface area contributed by atoms with Crippen LogP contribution >= 0.6 is 0 Å². The van der Waals surface area contributed by atoms with Crippen molar-refractivity contribution in [2.45, 2.75) is 37.8 Å². The topological polar surface area (TPSA) is 85.2 Å². The Bertz CT molecular complexity index is 668. The molecule has 0 bridgehead atoms. The lowest BCUT2D eigenvalue weighted by Crippen LogP contribution is -2.40. The molecule has 1 fully saturated rings. The highest BCUT2D eigenvalue weighted by atomic mass is 16.4. The molecule has 0 saturated carbocycles. The van der Waals surface area contributed by atoms with Crippen LogP contribution in [0.25, 0.3) is 0 Å². The number of amides is 2. The maximum absolute atomic E-state index is 12.5. The SMILES string of the molecule is C=CC(CC(=O)O)N1CCN(CCC[C@@H]2C=CC3=CCCN=C3N2)C1=O. The van der Waals surface area contributed by atoms with E-state index < -0.39 is 12.0 Å². The van der Waals surface area contributed by atoms with Gasteiger partial charge in [-0.25, -0.2) is 4.79 Å². The average Bonchev–Trinajstić information content (AvgIpc) is 3.00. The number of nitrogens with one attached hydrogen (secondary N) is 1. The first-order valence-electron chi connectivity index (χ1n) is 9.18. The molecule has 3 aliphatic rings. The Hall–Kier alpha value is -2.57. The van der Waals surface area contributed by atoms with E-state index in [1.165, 1.54) is 5.57 Å². The first-order valence-corrected chi connectivity index (χ1v) is 9.18. The molecule has 0 radical (unpaired) electrons. The number of amidine groups is 1. The molecule has 140 valence electrons. The third-order valence-corrected chi connectivity index (χ3v) is 4.99. The number of dihydropyridines is 1. The van der Waals surface area contributed by atoms with Crippen molar-refractivity contribution in [2.75, 3.05) is 26.2 Å². The minimum absolute atomic E-state index is 0.0924. The summed E-state index contributed by atoms with van der Waals surface area (Å²) < 4.78 is 0. The molecule has 2 atom stereocenters. The highest BCUT2D eigenvalue weighted by Gasteiger charge is 2.33. The van der Waals surface area contributed by atoms with Crippen molar-refractivity contribution in [3.05, 3.63) is 36.5 Å². The lowest BCUT2D eigenvalue weighted by Gasteiger charge is -2.26. The molecule has 7 nitrogen and oxygen atoms in total. The van der Waals surface area contributed by atoms with E-state index in [9.17, 15) is 9.59 Å². The largest absolute Gasteiger partial charge is 0.481 e. The van der Waals surface area contributed by atoms with Crippen LogP contribution in [-0.2, 0) is 4.79 Å². The molecule has 1 unspecified atom stereocenters. The fraction of sp³-hybridized carbons (Fsp3) is 0.526. The van der Waals surface area contributed by atoms with Crippen LogP contribution in [0.15, 0.2) is 41.4 Å². The zero-order valence-electron chi connectivity index (χ0n) is 14.9. The van der Waals surface area contributed by atoms with Crippen LogP contribution in [0.4, 0.5) is 4.79 Å². The fourth-order valence-corrected chi connectivity index (χ4v) is 3.59. The number of carbonyl (C=O) groups excluding carboxylic acids is 1. The predicted octanol–water partition coefficient (Wildman–Crippen LogP) is 1.79. The molecule has 0 aromatic rings. The van der Waals surface area contributed by atoms with E-state index in [0.717, 1.165) is 31.6 Å². The molecule has 0 aromatic carbocycles. The van der Waals surface area contributed by atoms with Gasteiger partial charge in [0, 0.05) is 37.8 Å². The van der Waals surface area contributed by atoms with Gasteiger partial charge >= 0.3 is 12.0 Å². The molecular formula is C19H26N4O3. The summed E-state index contributed by atoms with van der Waals surface area (Å²) in [7, 11) is 0. The quantitative estimate of drug-likeness (QED) is 0.648. The van der Waals surface area contributed by atoms with Gasteiger partial charge in [-0.2, -0.15) is 0 Å². The monoisotopic (exact) mass is 358 g/mol. The number of carboxylic acid groups (broad SMARTS) is 1. The van der Waals surface area contributed by atoms with Gasteiger partial charge in [-0.3, -0.25) is 9.79 Å². The number of hydrogen-bond donors (Lipinski definition) is 2. The van der Waals surface area contributed by atoms with Gasteiger partial charge in [-0.1, -0.05) is 24.3 Å². The van der Waals surface area contributed by atoms with Gasteiger partial charge in [0.2, 0.25) is 0 Å². The standard InChI is InChI=1S/C19H26N4O3/c1-2-16(13-17(24)25)23-12-11-22(19(23)26)10-4-6-15-8-7-14-5-3-9-20-18(14)21-15/h2,5,7-8,15-16H,1,3-4,6,9-13H2,(H,20,21)(H,24,25)/t15-,16?/m1/s1. The van der Waals surface area contributed by atoms with E-state index in [1.807, 2.05) is 0 Å². The number of hydrogen-bond acceptors (Lipinski definition) is 4. The third kappa shape index (κ3) is 4.15. The van der Waals surface area contributed by atoms with Crippen LogP contribution < -0.4 is 5.32 Å². The maximum atomic E-state index is 12.5. The molecule has 0 spiro atoms. The van der Waals surface area contributed by atoms with E-state index in [-0.39, 0.29) is 18.5 Å². The Morgan fingerprint density at radius 3 is 3.12 bits per heavy atom. The minimum Gasteiger partial charge on any atom is -0.481 e. The molecule has 0 aliphatic carbocycles. The number of carbonyl (C=O) groups is 2. The van der Waals surface area contributed by atoms with Gasteiger partial charge < -0.3 is 20.2 Å². The van der Waals surface area contributed by atoms with Crippen LogP contribution in [0.3, 0.4) is 0 Å². The number of urea groups is 1. The summed E-state index contributed by atoms with van der Waals surface area (Å²) in [5, 5.41) is 12.4. The van der Waals surface area contributed by atoms with Crippen LogP contribution in [0.1, 0.15) is 25.7 Å². The number of carboxylic acids is 1. The lowest BCUT2D eigenvalue weighted by molar-refractivity contribution is -0.137. The van der Waals surface area contributed by atoms with Crippen LogP contribution in [0, 0.1) is 0 Å². The first-order chi connectivity index (χ1) is 12.6. The first kappa shape index (κ1) is 18.2. The van der Waals surface area contributed by atoms with Crippen molar-refractivity contribution in [3.8, 4) is 0 Å². The summed E-state index contributed by atoms with van der Waals surface area (Å²) in [5.41, 5.74) is 1.17. The molecule has 3 heterocycles. The molecule has 2 N–H and O–H groups in total. The number of rotatable bonds is 8. The van der Waals surface area contributed by atoms with Gasteiger partial charge in [0.1, 0.15) is 5.84 Å². The molecular weight excluding hydrogens is 332 g/mol. The third-order valence-electron chi connectivity index (χ3n) is 4.99. The second-order valence-corrected chi connectivity index (χ2v) is 6.79. The summed E-state index contributed by atoms with van der Waals surface area (Å²) in [4.78, 5) is 31.4. The van der Waals surface area contributed by atoms with Crippen LogP contribution in [-0.4, -0.2) is 71.0 Å². The Labute approximate surface area is 153 Å². The van der Waals surface area contributed by atoms with Crippen LogP contribution in [0.2, 0.25) is 0 Å². The van der Waals surface area contributed by atoms with Gasteiger partial charge in [-0.05, 0) is 19.3 Å². The van der Waals surface area contributed by atoms with Crippen molar-refractivity contribution in [2.24, 2.45) is 4.99 Å². The van der Waals surface area contributed by atoms with E-state index in [2.05, 4.69) is 35.1 Å². The van der Waals surface area contributed by atoms with E-state index >= 15 is 0 Å². The van der Waals surface area contributed by atoms with Gasteiger partial charge in [-0.15, -0.1) is 6.58 Å². The average molecular weight is 358 g/mol. The Morgan fingerprint density at radius 1 is 1.50 bits per heavy atom. The summed E-state index contributed by atoms with van der Waals surface area (Å²) in [5.74, 6) is 0.0602. The summed E-state index contributed by atoms with van der Waals surface area (Å²) in [6.45, 7) is 6.37. The van der Waals surface area contributed by atoms with Crippen molar-refractivity contribution < 1.29 is 14.7 Å². The maximum Gasteiger partial charge on any atom is 0.320 e. The number of aliphatic imine (C=N–C) groups is 1. The van der Waals surface area contributed by atoms with Gasteiger partial charge in [0.15, 0.2) is 0 Å². The summed E-state index contributed by atoms with van der Waals surface area (Å²) >= 11 is 0.